The number of thiocarbonyl (C=S) groups is 1. The summed E-state index contributed by atoms with van der Waals surface area (Å²) in [5.74, 6) is 1.32. The third kappa shape index (κ3) is 3.83. The predicted octanol–water partition coefficient (Wildman–Crippen LogP) is 3.34. The quantitative estimate of drug-likeness (QED) is 0.695. The van der Waals surface area contributed by atoms with E-state index < -0.39 is 0 Å². The van der Waals surface area contributed by atoms with E-state index >= 15 is 0 Å². The highest BCUT2D eigenvalue weighted by Gasteiger charge is 2.21. The lowest BCUT2D eigenvalue weighted by molar-refractivity contribution is 0.434. The number of hydrogen-bond donors (Lipinski definition) is 3. The van der Waals surface area contributed by atoms with Gasteiger partial charge >= 0.3 is 0 Å². The zero-order valence-corrected chi connectivity index (χ0v) is 16.4. The average Bonchev–Trinajstić information content (AvgIpc) is 2.59. The zero-order valence-electron chi connectivity index (χ0n) is 14.8. The van der Waals surface area contributed by atoms with E-state index in [0.717, 1.165) is 37.2 Å². The number of hydrogen-bond acceptors (Lipinski definition) is 5. The van der Waals surface area contributed by atoms with Crippen LogP contribution in [0.5, 0.6) is 0 Å². The number of nitrogens with zero attached hydrogens (tertiary/aromatic N) is 2. The van der Waals surface area contributed by atoms with Crippen molar-refractivity contribution in [3.63, 3.8) is 0 Å². The van der Waals surface area contributed by atoms with Crippen molar-refractivity contribution in [3.05, 3.63) is 44.7 Å². The Balaban J connectivity index is 1.85. The topological polar surface area (TPSA) is 87.0 Å². The molecule has 3 rings (SSSR count). The fourth-order valence-corrected chi connectivity index (χ4v) is 3.48. The molecule has 1 saturated heterocycles. The summed E-state index contributed by atoms with van der Waals surface area (Å²) >= 11 is 11.5. The SMILES string of the molecule is Cc1c(Cl)cccc1NC(=S)c1c(N)nc(N2CCC(C)CC2)[nH]c1=O. The largest absolute Gasteiger partial charge is 0.383 e. The van der Waals surface area contributed by atoms with Crippen molar-refractivity contribution in [1.29, 1.82) is 0 Å². The summed E-state index contributed by atoms with van der Waals surface area (Å²) < 4.78 is 0. The average molecular weight is 392 g/mol. The minimum Gasteiger partial charge on any atom is -0.383 e. The van der Waals surface area contributed by atoms with Crippen LogP contribution in [0.1, 0.15) is 30.9 Å². The number of nitrogens with one attached hydrogen (secondary N) is 2. The van der Waals surface area contributed by atoms with Gasteiger partial charge in [0.1, 0.15) is 16.4 Å². The molecule has 8 heteroatoms. The lowest BCUT2D eigenvalue weighted by Gasteiger charge is -2.30. The first-order chi connectivity index (χ1) is 12.4. The Morgan fingerprint density at radius 3 is 2.77 bits per heavy atom. The lowest BCUT2D eigenvalue weighted by atomic mass is 10.00. The molecule has 4 N–H and O–H groups in total. The van der Waals surface area contributed by atoms with Gasteiger partial charge in [-0.3, -0.25) is 9.78 Å². The molecule has 0 aliphatic carbocycles. The molecule has 0 saturated carbocycles. The van der Waals surface area contributed by atoms with Gasteiger partial charge in [0.25, 0.3) is 5.56 Å². The molecule has 138 valence electrons. The Bertz CT molecular complexity index is 890. The van der Waals surface area contributed by atoms with Crippen molar-refractivity contribution in [2.45, 2.75) is 26.7 Å². The molecule has 6 nitrogen and oxygen atoms in total. The van der Waals surface area contributed by atoms with Crippen LogP contribution >= 0.6 is 23.8 Å². The van der Waals surface area contributed by atoms with E-state index in [1.54, 1.807) is 6.07 Å². The molecule has 26 heavy (non-hydrogen) atoms. The first kappa shape index (κ1) is 18.7. The molecule has 1 aromatic heterocycles. The van der Waals surface area contributed by atoms with E-state index in [1.165, 1.54) is 0 Å². The Labute approximate surface area is 162 Å². The van der Waals surface area contributed by atoms with Crippen LogP contribution < -0.4 is 21.5 Å². The molecule has 0 atom stereocenters. The molecular weight excluding hydrogens is 370 g/mol. The van der Waals surface area contributed by atoms with E-state index in [0.29, 0.717) is 16.9 Å². The van der Waals surface area contributed by atoms with Crippen molar-refractivity contribution in [2.24, 2.45) is 5.92 Å². The molecule has 2 heterocycles. The molecule has 1 aromatic carbocycles. The van der Waals surface area contributed by atoms with E-state index in [1.807, 2.05) is 19.1 Å². The summed E-state index contributed by atoms with van der Waals surface area (Å²) in [6, 6.07) is 5.45. The van der Waals surface area contributed by atoms with Crippen molar-refractivity contribution in [2.75, 3.05) is 29.0 Å². The molecule has 0 amide bonds. The van der Waals surface area contributed by atoms with Crippen LogP contribution in [0.2, 0.25) is 5.02 Å². The first-order valence-electron chi connectivity index (χ1n) is 8.58. The molecule has 1 aliphatic heterocycles. The van der Waals surface area contributed by atoms with Crippen LogP contribution in [0.3, 0.4) is 0 Å². The zero-order chi connectivity index (χ0) is 18.8. The summed E-state index contributed by atoms with van der Waals surface area (Å²) in [5, 5.41) is 3.67. The van der Waals surface area contributed by atoms with E-state index in [2.05, 4.69) is 27.1 Å². The van der Waals surface area contributed by atoms with Gasteiger partial charge in [-0.15, -0.1) is 0 Å². The highest BCUT2D eigenvalue weighted by Crippen LogP contribution is 2.24. The number of rotatable bonds is 3. The normalized spacial score (nSPS) is 15.1. The number of H-pyrrole nitrogens is 1. The van der Waals surface area contributed by atoms with Crippen LogP contribution in [0, 0.1) is 12.8 Å². The summed E-state index contributed by atoms with van der Waals surface area (Å²) in [6.45, 7) is 5.81. The number of anilines is 3. The van der Waals surface area contributed by atoms with Gasteiger partial charge in [-0.2, -0.15) is 4.98 Å². The van der Waals surface area contributed by atoms with E-state index in [4.69, 9.17) is 29.6 Å². The van der Waals surface area contributed by atoms with E-state index in [-0.39, 0.29) is 21.9 Å². The van der Waals surface area contributed by atoms with Crippen LogP contribution in [-0.4, -0.2) is 28.0 Å². The van der Waals surface area contributed by atoms with Gasteiger partial charge in [0.15, 0.2) is 0 Å². The predicted molar refractivity (Wildman–Crippen MR) is 111 cm³/mol. The number of piperidine rings is 1. The van der Waals surface area contributed by atoms with Crippen LogP contribution in [-0.2, 0) is 0 Å². The standard InChI is InChI=1S/C18H22ClN5OS/c1-10-6-8-24(9-7-10)18-22-15(20)14(16(25)23-18)17(26)21-13-5-3-4-12(19)11(13)2/h3-5,10H,6-9H2,1-2H3,(H,21,26)(H3,20,22,23,25). The Morgan fingerprint density at radius 1 is 1.42 bits per heavy atom. The molecule has 0 bridgehead atoms. The van der Waals surface area contributed by atoms with Crippen LogP contribution in [0.15, 0.2) is 23.0 Å². The minimum absolute atomic E-state index is 0.125. The molecule has 1 aliphatic rings. The fourth-order valence-electron chi connectivity index (χ4n) is 3.00. The second-order valence-electron chi connectivity index (χ2n) is 6.69. The molecular formula is C18H22ClN5OS. The molecule has 0 unspecified atom stereocenters. The third-order valence-electron chi connectivity index (χ3n) is 4.76. The first-order valence-corrected chi connectivity index (χ1v) is 9.36. The molecule has 0 spiro atoms. The van der Waals surface area contributed by atoms with Gasteiger partial charge in [-0.25, -0.2) is 0 Å². The van der Waals surface area contributed by atoms with Crippen LogP contribution in [0.4, 0.5) is 17.5 Å². The molecule has 1 fully saturated rings. The van der Waals surface area contributed by atoms with Crippen molar-refractivity contribution >= 4 is 46.3 Å². The number of nitrogen functional groups attached to an aromatic ring is 1. The Morgan fingerprint density at radius 2 is 2.12 bits per heavy atom. The number of benzene rings is 1. The van der Waals surface area contributed by atoms with Gasteiger partial charge in [0.2, 0.25) is 5.95 Å². The minimum atomic E-state index is -0.344. The monoisotopic (exact) mass is 391 g/mol. The van der Waals surface area contributed by atoms with Crippen molar-refractivity contribution < 1.29 is 0 Å². The summed E-state index contributed by atoms with van der Waals surface area (Å²) in [6.07, 6.45) is 2.14. The van der Waals surface area contributed by atoms with Gasteiger partial charge in [0.05, 0.1) is 0 Å². The third-order valence-corrected chi connectivity index (χ3v) is 5.48. The molecule has 0 radical (unpaired) electrons. The highest BCUT2D eigenvalue weighted by atomic mass is 35.5. The second-order valence-corrected chi connectivity index (χ2v) is 7.50. The second kappa shape index (κ2) is 7.63. The Hall–Kier alpha value is -2.12. The van der Waals surface area contributed by atoms with Crippen molar-refractivity contribution in [3.8, 4) is 0 Å². The van der Waals surface area contributed by atoms with E-state index in [9.17, 15) is 4.79 Å². The van der Waals surface area contributed by atoms with Gasteiger partial charge in [0, 0.05) is 23.8 Å². The van der Waals surface area contributed by atoms with Gasteiger partial charge in [-0.1, -0.05) is 36.8 Å². The smallest absolute Gasteiger partial charge is 0.264 e. The maximum atomic E-state index is 12.6. The van der Waals surface area contributed by atoms with Gasteiger partial charge < -0.3 is 16.0 Å². The highest BCUT2D eigenvalue weighted by molar-refractivity contribution is 7.81. The maximum Gasteiger partial charge on any atom is 0.264 e. The number of aromatic amines is 1. The number of halogens is 1. The summed E-state index contributed by atoms with van der Waals surface area (Å²) in [5.41, 5.74) is 7.48. The number of aromatic nitrogens is 2. The molecule has 2 aromatic rings. The van der Waals surface area contributed by atoms with Crippen LogP contribution in [0.25, 0.3) is 0 Å². The van der Waals surface area contributed by atoms with Gasteiger partial charge in [-0.05, 0) is 43.4 Å². The summed E-state index contributed by atoms with van der Waals surface area (Å²) in [7, 11) is 0. The number of nitrogens with two attached hydrogens (primary N) is 1. The fraction of sp³-hybridized carbons (Fsp3) is 0.389. The van der Waals surface area contributed by atoms with Crippen molar-refractivity contribution in [1.82, 2.24) is 9.97 Å². The summed E-state index contributed by atoms with van der Waals surface area (Å²) in [4.78, 5) is 22.1. The Kier molecular flexibility index (Phi) is 5.48. The maximum absolute atomic E-state index is 12.6. The lowest BCUT2D eigenvalue weighted by Crippen LogP contribution is -2.36.